The van der Waals surface area contributed by atoms with E-state index in [1.165, 1.54) is 0 Å². The molecule has 0 bridgehead atoms. The van der Waals surface area contributed by atoms with E-state index in [2.05, 4.69) is 5.32 Å². The van der Waals surface area contributed by atoms with Gasteiger partial charge in [-0.3, -0.25) is 9.59 Å². The van der Waals surface area contributed by atoms with Crippen LogP contribution in [0.3, 0.4) is 0 Å². The van der Waals surface area contributed by atoms with Crippen LogP contribution in [0, 0.1) is 5.92 Å². The average Bonchev–Trinajstić information content (AvgIpc) is 2.90. The van der Waals surface area contributed by atoms with E-state index in [4.69, 9.17) is 4.74 Å². The molecule has 0 spiro atoms. The Balaban J connectivity index is 1.86. The molecule has 1 fully saturated rings. The fraction of sp³-hybridized carbons (Fsp3) is 0.529. The average molecular weight is 304 g/mol. The molecule has 0 aliphatic carbocycles. The number of carbonyl (C=O) groups is 2. The van der Waals surface area contributed by atoms with Crippen LogP contribution in [0.1, 0.15) is 29.3 Å². The Morgan fingerprint density at radius 2 is 2.18 bits per heavy atom. The van der Waals surface area contributed by atoms with E-state index in [0.717, 1.165) is 17.5 Å². The standard InChI is InChI=1S/C17H24N2O3/c1-3-14-6-4-5-7-15(14)17(21)18-11-13-10-16(20)19(12-13)8-9-22-2/h4-7,13H,3,8-12H2,1-2H3,(H,18,21)/t13-/m0/s1. The summed E-state index contributed by atoms with van der Waals surface area (Å²) in [6.07, 6.45) is 1.33. The molecule has 22 heavy (non-hydrogen) atoms. The third-order valence-electron chi connectivity index (χ3n) is 4.05. The van der Waals surface area contributed by atoms with Gasteiger partial charge in [-0.05, 0) is 18.1 Å². The molecule has 2 amide bonds. The molecule has 1 atom stereocenters. The van der Waals surface area contributed by atoms with Gasteiger partial charge in [0, 0.05) is 44.6 Å². The van der Waals surface area contributed by atoms with Crippen LogP contribution in [0.2, 0.25) is 0 Å². The molecule has 2 rings (SSSR count). The van der Waals surface area contributed by atoms with E-state index in [-0.39, 0.29) is 17.7 Å². The second-order valence-electron chi connectivity index (χ2n) is 5.62. The number of aryl methyl sites for hydroxylation is 1. The molecule has 1 saturated heterocycles. The van der Waals surface area contributed by atoms with Gasteiger partial charge in [0.15, 0.2) is 0 Å². The topological polar surface area (TPSA) is 58.6 Å². The summed E-state index contributed by atoms with van der Waals surface area (Å²) in [5.74, 6) is 0.271. The zero-order valence-corrected chi connectivity index (χ0v) is 13.3. The highest BCUT2D eigenvalue weighted by atomic mass is 16.5. The van der Waals surface area contributed by atoms with Crippen molar-refractivity contribution >= 4 is 11.8 Å². The van der Waals surface area contributed by atoms with Crippen LogP contribution in [0.4, 0.5) is 0 Å². The number of nitrogens with zero attached hydrogens (tertiary/aromatic N) is 1. The Morgan fingerprint density at radius 1 is 1.41 bits per heavy atom. The largest absolute Gasteiger partial charge is 0.383 e. The van der Waals surface area contributed by atoms with Crippen LogP contribution in [-0.2, 0) is 16.0 Å². The zero-order chi connectivity index (χ0) is 15.9. The third kappa shape index (κ3) is 4.07. The Labute approximate surface area is 131 Å². The van der Waals surface area contributed by atoms with E-state index in [9.17, 15) is 9.59 Å². The molecule has 1 heterocycles. The maximum absolute atomic E-state index is 12.3. The summed E-state index contributed by atoms with van der Waals surface area (Å²) in [5.41, 5.74) is 1.77. The van der Waals surface area contributed by atoms with Gasteiger partial charge >= 0.3 is 0 Å². The minimum atomic E-state index is -0.0553. The summed E-state index contributed by atoms with van der Waals surface area (Å²) < 4.78 is 5.01. The molecule has 1 N–H and O–H groups in total. The number of nitrogens with one attached hydrogen (secondary N) is 1. The van der Waals surface area contributed by atoms with Crippen molar-refractivity contribution in [2.45, 2.75) is 19.8 Å². The highest BCUT2D eigenvalue weighted by molar-refractivity contribution is 5.95. The highest BCUT2D eigenvalue weighted by Crippen LogP contribution is 2.17. The summed E-state index contributed by atoms with van der Waals surface area (Å²) in [7, 11) is 1.63. The first-order valence-electron chi connectivity index (χ1n) is 7.78. The van der Waals surface area contributed by atoms with Crippen LogP contribution in [0.5, 0.6) is 0 Å². The Kier molecular flexibility index (Phi) is 5.95. The number of methoxy groups -OCH3 is 1. The Bertz CT molecular complexity index is 530. The van der Waals surface area contributed by atoms with Crippen molar-refractivity contribution in [2.75, 3.05) is 33.4 Å². The Hall–Kier alpha value is -1.88. The molecule has 1 aromatic rings. The molecule has 120 valence electrons. The van der Waals surface area contributed by atoms with E-state index in [1.807, 2.05) is 31.2 Å². The van der Waals surface area contributed by atoms with Gasteiger partial charge in [0.05, 0.1) is 6.61 Å². The molecule has 0 saturated carbocycles. The van der Waals surface area contributed by atoms with Crippen LogP contribution in [-0.4, -0.2) is 50.1 Å². The van der Waals surface area contributed by atoms with Crippen LogP contribution in [0.25, 0.3) is 0 Å². The van der Waals surface area contributed by atoms with Crippen LogP contribution >= 0.6 is 0 Å². The lowest BCUT2D eigenvalue weighted by Crippen LogP contribution is -2.32. The van der Waals surface area contributed by atoms with Gasteiger partial charge in [0.25, 0.3) is 5.91 Å². The normalized spacial score (nSPS) is 17.8. The van der Waals surface area contributed by atoms with E-state index >= 15 is 0 Å². The van der Waals surface area contributed by atoms with Crippen molar-refractivity contribution < 1.29 is 14.3 Å². The lowest BCUT2D eigenvalue weighted by molar-refractivity contribution is -0.128. The van der Waals surface area contributed by atoms with Gasteiger partial charge in [-0.2, -0.15) is 0 Å². The number of likely N-dealkylation sites (tertiary alicyclic amines) is 1. The fourth-order valence-corrected chi connectivity index (χ4v) is 2.79. The number of amides is 2. The number of rotatable bonds is 7. The third-order valence-corrected chi connectivity index (χ3v) is 4.05. The van der Waals surface area contributed by atoms with Gasteiger partial charge in [0.2, 0.25) is 5.91 Å². The molecule has 1 aliphatic rings. The van der Waals surface area contributed by atoms with Gasteiger partial charge in [-0.1, -0.05) is 25.1 Å². The maximum atomic E-state index is 12.3. The minimum Gasteiger partial charge on any atom is -0.383 e. The minimum absolute atomic E-state index is 0.0553. The lowest BCUT2D eigenvalue weighted by Gasteiger charge is -2.16. The number of benzene rings is 1. The van der Waals surface area contributed by atoms with Crippen LogP contribution < -0.4 is 5.32 Å². The number of hydrogen-bond donors (Lipinski definition) is 1. The van der Waals surface area contributed by atoms with Gasteiger partial charge in [-0.25, -0.2) is 0 Å². The SMILES string of the molecule is CCc1ccccc1C(=O)NC[C@@H]1CC(=O)N(CCOC)C1. The summed E-state index contributed by atoms with van der Waals surface area (Å²) in [4.78, 5) is 26.0. The molecule has 1 aliphatic heterocycles. The molecule has 0 unspecified atom stereocenters. The molecular weight excluding hydrogens is 280 g/mol. The quantitative estimate of drug-likeness (QED) is 0.830. The lowest BCUT2D eigenvalue weighted by atomic mass is 10.0. The smallest absolute Gasteiger partial charge is 0.251 e. The molecule has 1 aromatic carbocycles. The predicted molar refractivity (Wildman–Crippen MR) is 84.7 cm³/mol. The first kappa shape index (κ1) is 16.5. The fourth-order valence-electron chi connectivity index (χ4n) is 2.79. The van der Waals surface area contributed by atoms with Gasteiger partial charge in [-0.15, -0.1) is 0 Å². The zero-order valence-electron chi connectivity index (χ0n) is 13.3. The van der Waals surface area contributed by atoms with Crippen LogP contribution in [0.15, 0.2) is 24.3 Å². The van der Waals surface area contributed by atoms with E-state index < -0.39 is 0 Å². The van der Waals surface area contributed by atoms with Crippen molar-refractivity contribution in [3.8, 4) is 0 Å². The summed E-state index contributed by atoms with van der Waals surface area (Å²) >= 11 is 0. The molecule has 0 radical (unpaired) electrons. The molecular formula is C17H24N2O3. The second kappa shape index (κ2) is 7.94. The second-order valence-corrected chi connectivity index (χ2v) is 5.62. The summed E-state index contributed by atoms with van der Waals surface area (Å²) in [6, 6.07) is 7.64. The maximum Gasteiger partial charge on any atom is 0.251 e. The Morgan fingerprint density at radius 3 is 2.91 bits per heavy atom. The van der Waals surface area contributed by atoms with Crippen molar-refractivity contribution in [3.63, 3.8) is 0 Å². The van der Waals surface area contributed by atoms with Crippen molar-refractivity contribution in [1.29, 1.82) is 0 Å². The van der Waals surface area contributed by atoms with Crippen molar-refractivity contribution in [1.82, 2.24) is 10.2 Å². The van der Waals surface area contributed by atoms with E-state index in [0.29, 0.717) is 32.7 Å². The van der Waals surface area contributed by atoms with Gasteiger partial charge < -0.3 is 15.0 Å². The predicted octanol–water partition coefficient (Wildman–Crippen LogP) is 1.47. The highest BCUT2D eigenvalue weighted by Gasteiger charge is 2.29. The number of carbonyl (C=O) groups excluding carboxylic acids is 2. The number of hydrogen-bond acceptors (Lipinski definition) is 3. The van der Waals surface area contributed by atoms with Crippen molar-refractivity contribution in [3.05, 3.63) is 35.4 Å². The van der Waals surface area contributed by atoms with Gasteiger partial charge in [0.1, 0.15) is 0 Å². The number of ether oxygens (including phenoxy) is 1. The van der Waals surface area contributed by atoms with Crippen molar-refractivity contribution in [2.24, 2.45) is 5.92 Å². The van der Waals surface area contributed by atoms with E-state index in [1.54, 1.807) is 12.0 Å². The summed E-state index contributed by atoms with van der Waals surface area (Å²) in [6.45, 7) is 4.44. The molecule has 0 aromatic heterocycles. The first-order valence-corrected chi connectivity index (χ1v) is 7.78. The molecule has 5 heteroatoms. The molecule has 5 nitrogen and oxygen atoms in total. The first-order chi connectivity index (χ1) is 10.7. The monoisotopic (exact) mass is 304 g/mol. The summed E-state index contributed by atoms with van der Waals surface area (Å²) in [5, 5.41) is 2.96.